The predicted octanol–water partition coefficient (Wildman–Crippen LogP) is 2.22. The number of benzene rings is 1. The number of hydrogen-bond donors (Lipinski definition) is 0. The molecule has 0 radical (unpaired) electrons. The minimum absolute atomic E-state index is 0.728. The lowest BCUT2D eigenvalue weighted by Gasteiger charge is -2.10. The van der Waals surface area contributed by atoms with Crippen LogP contribution in [-0.4, -0.2) is 20.5 Å². The number of carbonyl (C=O) groups excluding carboxylic acids is 1. The number of aryl methyl sites for hydroxylation is 1. The Kier molecular flexibility index (Phi) is 3.92. The fourth-order valence-corrected chi connectivity index (χ4v) is 1.35. The molecule has 0 heterocycles. The van der Waals surface area contributed by atoms with Crippen molar-refractivity contribution in [1.29, 1.82) is 0 Å². The van der Waals surface area contributed by atoms with E-state index in [-0.39, 0.29) is 0 Å². The molecule has 0 saturated carbocycles. The Morgan fingerprint density at radius 1 is 1.13 bits per heavy atom. The van der Waals surface area contributed by atoms with Crippen LogP contribution in [-0.2, 0) is 4.79 Å². The molecule has 0 atom stereocenters. The summed E-state index contributed by atoms with van der Waals surface area (Å²) in [4.78, 5) is 10.2. The van der Waals surface area contributed by atoms with Crippen molar-refractivity contribution in [2.75, 3.05) is 14.2 Å². The SMILES string of the molecule is COc1cc(C=CC=O)c(OC)cc1C. The molecular formula is C12H14O3. The van der Waals surface area contributed by atoms with Crippen molar-refractivity contribution in [2.45, 2.75) is 6.92 Å². The first-order valence-corrected chi connectivity index (χ1v) is 4.57. The highest BCUT2D eigenvalue weighted by Gasteiger charge is 2.05. The van der Waals surface area contributed by atoms with Gasteiger partial charge in [-0.25, -0.2) is 0 Å². The van der Waals surface area contributed by atoms with Gasteiger partial charge >= 0.3 is 0 Å². The fourth-order valence-electron chi connectivity index (χ4n) is 1.35. The molecule has 0 aliphatic rings. The minimum Gasteiger partial charge on any atom is -0.496 e. The van der Waals surface area contributed by atoms with Crippen LogP contribution in [0.5, 0.6) is 11.5 Å². The summed E-state index contributed by atoms with van der Waals surface area (Å²) < 4.78 is 10.4. The second-order valence-electron chi connectivity index (χ2n) is 3.06. The standard InChI is InChI=1S/C12H14O3/c1-9-7-12(15-3)10(5-4-6-13)8-11(9)14-2/h4-8H,1-3H3. The molecule has 1 rings (SSSR count). The van der Waals surface area contributed by atoms with Gasteiger partial charge in [-0.05, 0) is 36.8 Å². The number of allylic oxidation sites excluding steroid dienone is 1. The van der Waals surface area contributed by atoms with Crippen LogP contribution in [0.2, 0.25) is 0 Å². The van der Waals surface area contributed by atoms with Gasteiger partial charge in [-0.3, -0.25) is 4.79 Å². The molecule has 15 heavy (non-hydrogen) atoms. The highest BCUT2D eigenvalue weighted by Crippen LogP contribution is 2.28. The van der Waals surface area contributed by atoms with E-state index in [4.69, 9.17) is 9.47 Å². The van der Waals surface area contributed by atoms with Crippen LogP contribution in [0.3, 0.4) is 0 Å². The smallest absolute Gasteiger partial charge is 0.142 e. The lowest BCUT2D eigenvalue weighted by Crippen LogP contribution is -1.92. The molecule has 0 spiro atoms. The van der Waals surface area contributed by atoms with Gasteiger partial charge in [0.1, 0.15) is 17.8 Å². The highest BCUT2D eigenvalue weighted by atomic mass is 16.5. The topological polar surface area (TPSA) is 35.5 Å². The van der Waals surface area contributed by atoms with E-state index in [0.717, 1.165) is 28.9 Å². The van der Waals surface area contributed by atoms with E-state index in [1.54, 1.807) is 20.3 Å². The van der Waals surface area contributed by atoms with Crippen molar-refractivity contribution in [3.8, 4) is 11.5 Å². The summed E-state index contributed by atoms with van der Waals surface area (Å²) >= 11 is 0. The van der Waals surface area contributed by atoms with E-state index >= 15 is 0 Å². The molecule has 0 fully saturated rings. The summed E-state index contributed by atoms with van der Waals surface area (Å²) in [6.07, 6.45) is 3.84. The normalized spacial score (nSPS) is 10.3. The summed E-state index contributed by atoms with van der Waals surface area (Å²) in [6.45, 7) is 1.94. The third-order valence-electron chi connectivity index (χ3n) is 2.10. The van der Waals surface area contributed by atoms with Crippen molar-refractivity contribution >= 4 is 12.4 Å². The molecule has 80 valence electrons. The van der Waals surface area contributed by atoms with Gasteiger partial charge in [0.25, 0.3) is 0 Å². The van der Waals surface area contributed by atoms with E-state index in [0.29, 0.717) is 0 Å². The third-order valence-corrected chi connectivity index (χ3v) is 2.10. The second kappa shape index (κ2) is 5.20. The fraction of sp³-hybridized carbons (Fsp3) is 0.250. The number of rotatable bonds is 4. The van der Waals surface area contributed by atoms with Gasteiger partial charge in [0, 0.05) is 5.56 Å². The van der Waals surface area contributed by atoms with E-state index in [1.165, 1.54) is 6.08 Å². The lowest BCUT2D eigenvalue weighted by molar-refractivity contribution is -0.104. The average Bonchev–Trinajstić information content (AvgIpc) is 2.26. The number of methoxy groups -OCH3 is 2. The van der Waals surface area contributed by atoms with Crippen molar-refractivity contribution in [3.63, 3.8) is 0 Å². The Labute approximate surface area is 89.3 Å². The molecule has 3 heteroatoms. The molecule has 0 saturated heterocycles. The molecule has 0 aromatic heterocycles. The zero-order valence-corrected chi connectivity index (χ0v) is 9.11. The first-order chi connectivity index (χ1) is 7.22. The van der Waals surface area contributed by atoms with E-state index < -0.39 is 0 Å². The van der Waals surface area contributed by atoms with Crippen LogP contribution in [0.1, 0.15) is 11.1 Å². The van der Waals surface area contributed by atoms with E-state index in [2.05, 4.69) is 0 Å². The molecule has 1 aromatic rings. The van der Waals surface area contributed by atoms with Gasteiger partial charge in [0.05, 0.1) is 14.2 Å². The summed E-state index contributed by atoms with van der Waals surface area (Å²) in [6, 6.07) is 3.72. The van der Waals surface area contributed by atoms with Gasteiger partial charge < -0.3 is 9.47 Å². The Balaban J connectivity index is 3.21. The average molecular weight is 206 g/mol. The van der Waals surface area contributed by atoms with Crippen molar-refractivity contribution < 1.29 is 14.3 Å². The Morgan fingerprint density at radius 2 is 1.80 bits per heavy atom. The number of carbonyl (C=O) groups is 1. The number of aldehydes is 1. The monoisotopic (exact) mass is 206 g/mol. The van der Waals surface area contributed by atoms with Crippen molar-refractivity contribution in [2.24, 2.45) is 0 Å². The molecule has 3 nitrogen and oxygen atoms in total. The molecule has 0 N–H and O–H groups in total. The van der Waals surface area contributed by atoms with Gasteiger partial charge in [-0.1, -0.05) is 0 Å². The Morgan fingerprint density at radius 3 is 2.33 bits per heavy atom. The lowest BCUT2D eigenvalue weighted by atomic mass is 10.1. The van der Waals surface area contributed by atoms with Crippen LogP contribution in [0.4, 0.5) is 0 Å². The maximum Gasteiger partial charge on any atom is 0.142 e. The van der Waals surface area contributed by atoms with Gasteiger partial charge in [0.15, 0.2) is 0 Å². The van der Waals surface area contributed by atoms with Gasteiger partial charge in [-0.15, -0.1) is 0 Å². The largest absolute Gasteiger partial charge is 0.496 e. The van der Waals surface area contributed by atoms with Gasteiger partial charge in [0.2, 0.25) is 0 Å². The van der Waals surface area contributed by atoms with Crippen LogP contribution < -0.4 is 9.47 Å². The van der Waals surface area contributed by atoms with Crippen LogP contribution in [0.25, 0.3) is 6.08 Å². The molecule has 0 aliphatic carbocycles. The first kappa shape index (κ1) is 11.3. The Bertz CT molecular complexity index is 381. The maximum atomic E-state index is 10.2. The second-order valence-corrected chi connectivity index (χ2v) is 3.06. The summed E-state index contributed by atoms with van der Waals surface area (Å²) in [5.41, 5.74) is 1.82. The first-order valence-electron chi connectivity index (χ1n) is 4.57. The molecule has 1 aromatic carbocycles. The third kappa shape index (κ3) is 2.59. The van der Waals surface area contributed by atoms with Gasteiger partial charge in [-0.2, -0.15) is 0 Å². The summed E-state index contributed by atoms with van der Waals surface area (Å²) in [7, 11) is 3.21. The van der Waals surface area contributed by atoms with Crippen LogP contribution in [0.15, 0.2) is 18.2 Å². The number of hydrogen-bond acceptors (Lipinski definition) is 3. The number of ether oxygens (including phenoxy) is 2. The maximum absolute atomic E-state index is 10.2. The molecule has 0 aliphatic heterocycles. The molecular weight excluding hydrogens is 192 g/mol. The predicted molar refractivity (Wildman–Crippen MR) is 59.4 cm³/mol. The zero-order chi connectivity index (χ0) is 11.3. The summed E-state index contributed by atoms with van der Waals surface area (Å²) in [5.74, 6) is 1.51. The zero-order valence-electron chi connectivity index (χ0n) is 9.11. The molecule has 0 amide bonds. The van der Waals surface area contributed by atoms with E-state index in [9.17, 15) is 4.79 Å². The Hall–Kier alpha value is -1.77. The van der Waals surface area contributed by atoms with Crippen LogP contribution in [0, 0.1) is 6.92 Å². The summed E-state index contributed by atoms with van der Waals surface area (Å²) in [5, 5.41) is 0. The molecule has 0 bridgehead atoms. The quantitative estimate of drug-likeness (QED) is 0.559. The minimum atomic E-state index is 0.728. The van der Waals surface area contributed by atoms with Crippen molar-refractivity contribution in [3.05, 3.63) is 29.3 Å². The van der Waals surface area contributed by atoms with Crippen LogP contribution >= 0.6 is 0 Å². The van der Waals surface area contributed by atoms with E-state index in [1.807, 2.05) is 19.1 Å². The highest BCUT2D eigenvalue weighted by molar-refractivity contribution is 5.76. The molecule has 0 unspecified atom stereocenters. The van der Waals surface area contributed by atoms with Crippen molar-refractivity contribution in [1.82, 2.24) is 0 Å².